The highest BCUT2D eigenvalue weighted by Gasteiger charge is 2.24. The van der Waals surface area contributed by atoms with Crippen LogP contribution >= 0.6 is 0 Å². The molecule has 96 valence electrons. The van der Waals surface area contributed by atoms with E-state index in [9.17, 15) is 0 Å². The lowest BCUT2D eigenvalue weighted by Gasteiger charge is -2.36. The molecular weight excluding hydrogens is 214 g/mol. The van der Waals surface area contributed by atoms with Gasteiger partial charge in [-0.15, -0.1) is 0 Å². The molecule has 1 fully saturated rings. The van der Waals surface area contributed by atoms with Gasteiger partial charge >= 0.3 is 0 Å². The summed E-state index contributed by atoms with van der Waals surface area (Å²) >= 11 is 0. The van der Waals surface area contributed by atoms with Gasteiger partial charge in [0.25, 0.3) is 0 Å². The van der Waals surface area contributed by atoms with Gasteiger partial charge < -0.3 is 15.0 Å². The molecule has 1 saturated heterocycles. The van der Waals surface area contributed by atoms with Crippen molar-refractivity contribution in [3.05, 3.63) is 11.9 Å². The highest BCUT2D eigenvalue weighted by molar-refractivity contribution is 5.80. The summed E-state index contributed by atoms with van der Waals surface area (Å²) in [5, 5.41) is 3.46. The Balaban J connectivity index is 2.02. The van der Waals surface area contributed by atoms with Gasteiger partial charge in [-0.1, -0.05) is 6.92 Å². The molecule has 4 heteroatoms. The fraction of sp³-hybridized carbons (Fsp3) is 0.769. The lowest BCUT2D eigenvalue weighted by Crippen LogP contribution is -2.49. The van der Waals surface area contributed by atoms with Crippen LogP contribution in [-0.4, -0.2) is 43.1 Å². The maximum Gasteiger partial charge on any atom is 0.191 e. The Morgan fingerprint density at radius 2 is 2.35 bits per heavy atom. The van der Waals surface area contributed by atoms with Gasteiger partial charge in [-0.3, -0.25) is 0 Å². The summed E-state index contributed by atoms with van der Waals surface area (Å²) in [4.78, 5) is 6.90. The molecule has 2 aliphatic heterocycles. The zero-order valence-corrected chi connectivity index (χ0v) is 11.1. The van der Waals surface area contributed by atoms with Gasteiger partial charge in [0.15, 0.2) is 5.90 Å². The van der Waals surface area contributed by atoms with Gasteiger partial charge in [-0.25, -0.2) is 4.99 Å². The molecule has 2 aliphatic rings. The molecule has 0 radical (unpaired) electrons. The molecular formula is C13H23N3O. The van der Waals surface area contributed by atoms with Crippen molar-refractivity contribution in [1.29, 1.82) is 0 Å². The van der Waals surface area contributed by atoms with Gasteiger partial charge in [0.05, 0.1) is 6.61 Å². The highest BCUT2D eigenvalue weighted by atomic mass is 16.5. The van der Waals surface area contributed by atoms with Crippen LogP contribution in [0.15, 0.2) is 16.9 Å². The van der Waals surface area contributed by atoms with Crippen LogP contribution in [0.2, 0.25) is 0 Å². The number of hydrogen-bond acceptors (Lipinski definition) is 4. The van der Waals surface area contributed by atoms with Crippen molar-refractivity contribution in [1.82, 2.24) is 10.2 Å². The van der Waals surface area contributed by atoms with E-state index in [2.05, 4.69) is 29.1 Å². The molecule has 2 rings (SSSR count). The molecule has 0 aromatic heterocycles. The lowest BCUT2D eigenvalue weighted by molar-refractivity contribution is 0.237. The van der Waals surface area contributed by atoms with Crippen LogP contribution in [0.25, 0.3) is 0 Å². The van der Waals surface area contributed by atoms with Crippen molar-refractivity contribution < 1.29 is 4.74 Å². The van der Waals surface area contributed by atoms with Gasteiger partial charge in [-0.2, -0.15) is 0 Å². The van der Waals surface area contributed by atoms with E-state index >= 15 is 0 Å². The number of nitrogens with zero attached hydrogens (tertiary/aromatic N) is 2. The second-order valence-electron chi connectivity index (χ2n) is 4.93. The molecule has 0 aromatic carbocycles. The van der Waals surface area contributed by atoms with Crippen molar-refractivity contribution in [2.75, 3.05) is 26.2 Å². The van der Waals surface area contributed by atoms with Crippen LogP contribution in [0.4, 0.5) is 0 Å². The number of hydrogen-bond donors (Lipinski definition) is 1. The molecule has 2 heterocycles. The first-order valence-electron chi connectivity index (χ1n) is 6.58. The lowest BCUT2D eigenvalue weighted by atomic mass is 10.0. The highest BCUT2D eigenvalue weighted by Crippen LogP contribution is 2.23. The minimum absolute atomic E-state index is 0.403. The molecule has 1 N–H and O–H groups in total. The molecule has 0 amide bonds. The summed E-state index contributed by atoms with van der Waals surface area (Å²) in [7, 11) is 0. The summed E-state index contributed by atoms with van der Waals surface area (Å²) in [5.74, 6) is 1.29. The predicted molar refractivity (Wildman–Crippen MR) is 70.0 cm³/mol. The summed E-state index contributed by atoms with van der Waals surface area (Å²) in [6.45, 7) is 10.4. The van der Waals surface area contributed by atoms with Crippen LogP contribution in [0.1, 0.15) is 27.2 Å². The normalized spacial score (nSPS) is 29.7. The molecule has 0 aromatic rings. The third-order valence-corrected chi connectivity index (χ3v) is 3.34. The fourth-order valence-corrected chi connectivity index (χ4v) is 2.45. The van der Waals surface area contributed by atoms with E-state index in [1.165, 1.54) is 5.70 Å². The standard InChI is InChI=1S/C13H23N3O/c1-4-17-13-10(2)7-12(8-15-13)16-6-5-14-11(3)9-16/h8,10-11,14H,4-7,9H2,1-3H3/t10?,11-/m1/s1. The van der Waals surface area contributed by atoms with Crippen LogP contribution in [0.5, 0.6) is 0 Å². The van der Waals surface area contributed by atoms with Crippen LogP contribution < -0.4 is 5.32 Å². The van der Waals surface area contributed by atoms with Crippen LogP contribution in [0, 0.1) is 5.92 Å². The van der Waals surface area contributed by atoms with E-state index in [0.717, 1.165) is 32.0 Å². The van der Waals surface area contributed by atoms with Crippen molar-refractivity contribution >= 4 is 5.90 Å². The molecule has 1 unspecified atom stereocenters. The Morgan fingerprint density at radius 1 is 1.53 bits per heavy atom. The van der Waals surface area contributed by atoms with Gasteiger partial charge in [0.1, 0.15) is 0 Å². The summed E-state index contributed by atoms with van der Waals surface area (Å²) < 4.78 is 5.53. The first-order chi connectivity index (χ1) is 8.20. The molecule has 0 bridgehead atoms. The number of aliphatic imine (C=N–C) groups is 1. The van der Waals surface area contributed by atoms with Crippen molar-refractivity contribution in [3.8, 4) is 0 Å². The number of nitrogens with one attached hydrogen (secondary N) is 1. The first kappa shape index (κ1) is 12.4. The fourth-order valence-electron chi connectivity index (χ4n) is 2.45. The monoisotopic (exact) mass is 237 g/mol. The van der Waals surface area contributed by atoms with Gasteiger partial charge in [0.2, 0.25) is 0 Å². The van der Waals surface area contributed by atoms with Gasteiger partial charge in [0, 0.05) is 49.9 Å². The topological polar surface area (TPSA) is 36.9 Å². The van der Waals surface area contributed by atoms with Gasteiger partial charge in [-0.05, 0) is 13.8 Å². The third kappa shape index (κ3) is 3.00. The molecule has 4 nitrogen and oxygen atoms in total. The SMILES string of the molecule is CCOC1=NC=C(N2CCN[C@H](C)C2)CC1C. The van der Waals surface area contributed by atoms with E-state index in [1.807, 2.05) is 13.1 Å². The Hall–Kier alpha value is -1.03. The maximum atomic E-state index is 5.53. The smallest absolute Gasteiger partial charge is 0.191 e. The Morgan fingerprint density at radius 3 is 3.00 bits per heavy atom. The first-order valence-corrected chi connectivity index (χ1v) is 6.58. The Bertz CT molecular complexity index is 325. The zero-order chi connectivity index (χ0) is 12.3. The van der Waals surface area contributed by atoms with E-state index in [-0.39, 0.29) is 0 Å². The van der Waals surface area contributed by atoms with E-state index in [1.54, 1.807) is 0 Å². The summed E-state index contributed by atoms with van der Waals surface area (Å²) in [6.07, 6.45) is 3.04. The molecule has 0 saturated carbocycles. The average molecular weight is 237 g/mol. The summed E-state index contributed by atoms with van der Waals surface area (Å²) in [6, 6.07) is 0.567. The largest absolute Gasteiger partial charge is 0.481 e. The summed E-state index contributed by atoms with van der Waals surface area (Å²) in [5.41, 5.74) is 1.36. The second-order valence-corrected chi connectivity index (χ2v) is 4.93. The third-order valence-electron chi connectivity index (χ3n) is 3.34. The number of piperazine rings is 1. The number of rotatable bonds is 2. The minimum Gasteiger partial charge on any atom is -0.481 e. The van der Waals surface area contributed by atoms with Crippen molar-refractivity contribution in [2.45, 2.75) is 33.2 Å². The van der Waals surface area contributed by atoms with Crippen LogP contribution in [-0.2, 0) is 4.74 Å². The van der Waals surface area contributed by atoms with Crippen molar-refractivity contribution in [2.24, 2.45) is 10.9 Å². The Kier molecular flexibility index (Phi) is 4.05. The van der Waals surface area contributed by atoms with E-state index in [0.29, 0.717) is 18.6 Å². The van der Waals surface area contributed by atoms with Crippen LogP contribution in [0.3, 0.4) is 0 Å². The number of allylic oxidation sites excluding steroid dienone is 1. The predicted octanol–water partition coefficient (Wildman–Crippen LogP) is 1.60. The molecule has 17 heavy (non-hydrogen) atoms. The quantitative estimate of drug-likeness (QED) is 0.792. The molecule has 2 atom stereocenters. The zero-order valence-electron chi connectivity index (χ0n) is 11.1. The maximum absolute atomic E-state index is 5.53. The van der Waals surface area contributed by atoms with E-state index < -0.39 is 0 Å². The molecule has 0 spiro atoms. The second kappa shape index (κ2) is 5.54. The average Bonchev–Trinajstić information content (AvgIpc) is 2.32. The van der Waals surface area contributed by atoms with Crippen molar-refractivity contribution in [3.63, 3.8) is 0 Å². The molecule has 0 aliphatic carbocycles. The Labute approximate surface area is 104 Å². The number of ether oxygens (including phenoxy) is 1. The van der Waals surface area contributed by atoms with E-state index in [4.69, 9.17) is 4.74 Å². The minimum atomic E-state index is 0.403.